The Bertz CT molecular complexity index is 699. The standard InChI is InChI=1S/C18H24N4O2.ClH/c1-12(19)14-4-3-9-22(11-14)18(23)16-10-20-21-17(16)13-5-7-15(24-2)8-6-13;/h5-8,10,12,14H,3-4,9,11,19H2,1-2H3,(H,20,21);1H. The molecule has 0 radical (unpaired) electrons. The van der Waals surface area contributed by atoms with Crippen LogP contribution in [0.25, 0.3) is 11.3 Å². The van der Waals surface area contributed by atoms with Crippen LogP contribution in [-0.4, -0.2) is 47.2 Å². The first kappa shape index (κ1) is 19.3. The Hall–Kier alpha value is -2.05. The Morgan fingerprint density at radius 3 is 2.76 bits per heavy atom. The predicted octanol–water partition coefficient (Wildman–Crippen LogP) is 2.71. The number of likely N-dealkylation sites (tertiary alicyclic amines) is 1. The van der Waals surface area contributed by atoms with Crippen LogP contribution in [0.1, 0.15) is 30.1 Å². The van der Waals surface area contributed by atoms with E-state index < -0.39 is 0 Å². The summed E-state index contributed by atoms with van der Waals surface area (Å²) in [6.45, 7) is 3.50. The lowest BCUT2D eigenvalue weighted by Gasteiger charge is -2.34. The van der Waals surface area contributed by atoms with Gasteiger partial charge in [0.05, 0.1) is 24.6 Å². The Labute approximate surface area is 154 Å². The number of aromatic nitrogens is 2. The van der Waals surface area contributed by atoms with Crippen molar-refractivity contribution in [1.82, 2.24) is 15.1 Å². The molecule has 0 bridgehead atoms. The van der Waals surface area contributed by atoms with Gasteiger partial charge in [-0.25, -0.2) is 0 Å². The normalized spacial score (nSPS) is 18.4. The van der Waals surface area contributed by atoms with E-state index in [0.29, 0.717) is 18.0 Å². The molecule has 3 rings (SSSR count). The molecule has 2 aromatic rings. The molecular formula is C18H25ClN4O2. The van der Waals surface area contributed by atoms with Crippen LogP contribution in [0.2, 0.25) is 0 Å². The average molecular weight is 365 g/mol. The number of nitrogens with zero attached hydrogens (tertiary/aromatic N) is 2. The smallest absolute Gasteiger partial charge is 0.257 e. The highest BCUT2D eigenvalue weighted by molar-refractivity contribution is 5.99. The monoisotopic (exact) mass is 364 g/mol. The Kier molecular flexibility index (Phi) is 6.45. The second-order valence-corrected chi connectivity index (χ2v) is 6.40. The summed E-state index contributed by atoms with van der Waals surface area (Å²) >= 11 is 0. The summed E-state index contributed by atoms with van der Waals surface area (Å²) in [5.41, 5.74) is 8.29. The molecule has 3 N–H and O–H groups in total. The molecule has 1 aromatic heterocycles. The van der Waals surface area contributed by atoms with Crippen molar-refractivity contribution in [3.63, 3.8) is 0 Å². The lowest BCUT2D eigenvalue weighted by atomic mass is 9.91. The number of hydrogen-bond acceptors (Lipinski definition) is 4. The fraction of sp³-hybridized carbons (Fsp3) is 0.444. The highest BCUT2D eigenvalue weighted by Gasteiger charge is 2.28. The lowest BCUT2D eigenvalue weighted by molar-refractivity contribution is 0.0662. The molecule has 6 nitrogen and oxygen atoms in total. The van der Waals surface area contributed by atoms with E-state index >= 15 is 0 Å². The van der Waals surface area contributed by atoms with Crippen molar-refractivity contribution >= 4 is 18.3 Å². The van der Waals surface area contributed by atoms with Gasteiger partial charge in [0.15, 0.2) is 0 Å². The molecule has 25 heavy (non-hydrogen) atoms. The second-order valence-electron chi connectivity index (χ2n) is 6.40. The van der Waals surface area contributed by atoms with E-state index in [1.54, 1.807) is 13.3 Å². The molecule has 0 aliphatic carbocycles. The maximum atomic E-state index is 12.9. The van der Waals surface area contributed by atoms with Gasteiger partial charge in [0.2, 0.25) is 0 Å². The number of H-pyrrole nitrogens is 1. The topological polar surface area (TPSA) is 84.2 Å². The van der Waals surface area contributed by atoms with Gasteiger partial charge in [0, 0.05) is 24.7 Å². The molecule has 1 amide bonds. The van der Waals surface area contributed by atoms with E-state index in [9.17, 15) is 4.79 Å². The number of aromatic amines is 1. The van der Waals surface area contributed by atoms with Crippen LogP contribution in [0.4, 0.5) is 0 Å². The molecule has 0 spiro atoms. The number of halogens is 1. The number of piperidine rings is 1. The van der Waals surface area contributed by atoms with Gasteiger partial charge in [-0.05, 0) is 49.9 Å². The van der Waals surface area contributed by atoms with Gasteiger partial charge < -0.3 is 15.4 Å². The Morgan fingerprint density at radius 1 is 1.40 bits per heavy atom. The summed E-state index contributed by atoms with van der Waals surface area (Å²) in [5.74, 6) is 1.15. The first-order chi connectivity index (χ1) is 11.6. The van der Waals surface area contributed by atoms with E-state index in [0.717, 1.165) is 36.4 Å². The molecule has 2 heterocycles. The average Bonchev–Trinajstić information content (AvgIpc) is 3.11. The van der Waals surface area contributed by atoms with Gasteiger partial charge >= 0.3 is 0 Å². The third kappa shape index (κ3) is 4.14. The molecule has 2 atom stereocenters. The molecule has 7 heteroatoms. The van der Waals surface area contributed by atoms with Crippen LogP contribution in [0.5, 0.6) is 5.75 Å². The number of benzene rings is 1. The molecular weight excluding hydrogens is 340 g/mol. The van der Waals surface area contributed by atoms with Crippen LogP contribution in [0.3, 0.4) is 0 Å². The lowest BCUT2D eigenvalue weighted by Crippen LogP contribution is -2.45. The van der Waals surface area contributed by atoms with E-state index in [1.807, 2.05) is 36.1 Å². The SMILES string of the molecule is COc1ccc(-c2[nH]ncc2C(=O)N2CCCC(C(C)N)C2)cc1.Cl. The van der Waals surface area contributed by atoms with Crippen LogP contribution in [-0.2, 0) is 0 Å². The van der Waals surface area contributed by atoms with Crippen molar-refractivity contribution < 1.29 is 9.53 Å². The molecule has 2 unspecified atom stereocenters. The van der Waals surface area contributed by atoms with Crippen molar-refractivity contribution in [1.29, 1.82) is 0 Å². The zero-order valence-electron chi connectivity index (χ0n) is 14.6. The molecule has 1 aromatic carbocycles. The highest BCUT2D eigenvalue weighted by Crippen LogP contribution is 2.26. The Morgan fingerprint density at radius 2 is 2.12 bits per heavy atom. The molecule has 0 saturated carbocycles. The van der Waals surface area contributed by atoms with Gasteiger partial charge in [0.1, 0.15) is 5.75 Å². The van der Waals surface area contributed by atoms with Crippen molar-refractivity contribution in [3.8, 4) is 17.0 Å². The third-order valence-corrected chi connectivity index (χ3v) is 4.74. The molecule has 136 valence electrons. The van der Waals surface area contributed by atoms with E-state index in [-0.39, 0.29) is 24.4 Å². The number of carbonyl (C=O) groups is 1. The summed E-state index contributed by atoms with van der Waals surface area (Å²) in [4.78, 5) is 14.8. The number of rotatable bonds is 4. The van der Waals surface area contributed by atoms with Crippen LogP contribution in [0, 0.1) is 5.92 Å². The van der Waals surface area contributed by atoms with Gasteiger partial charge in [-0.3, -0.25) is 9.89 Å². The van der Waals surface area contributed by atoms with Crippen molar-refractivity contribution in [2.45, 2.75) is 25.8 Å². The first-order valence-corrected chi connectivity index (χ1v) is 8.32. The number of amides is 1. The first-order valence-electron chi connectivity index (χ1n) is 8.32. The summed E-state index contributed by atoms with van der Waals surface area (Å²) in [5, 5.41) is 7.03. The minimum Gasteiger partial charge on any atom is -0.497 e. The van der Waals surface area contributed by atoms with Crippen molar-refractivity contribution in [2.24, 2.45) is 11.7 Å². The minimum absolute atomic E-state index is 0. The van der Waals surface area contributed by atoms with Gasteiger partial charge in [-0.1, -0.05) is 0 Å². The van der Waals surface area contributed by atoms with Gasteiger partial charge in [-0.2, -0.15) is 5.10 Å². The minimum atomic E-state index is 0. The molecule has 1 saturated heterocycles. The van der Waals surface area contributed by atoms with E-state index in [2.05, 4.69) is 10.2 Å². The molecule has 1 fully saturated rings. The third-order valence-electron chi connectivity index (χ3n) is 4.74. The Balaban J connectivity index is 0.00000225. The number of methoxy groups -OCH3 is 1. The number of hydrogen-bond donors (Lipinski definition) is 2. The van der Waals surface area contributed by atoms with Crippen LogP contribution >= 0.6 is 12.4 Å². The molecule has 1 aliphatic heterocycles. The van der Waals surface area contributed by atoms with Crippen LogP contribution in [0.15, 0.2) is 30.5 Å². The van der Waals surface area contributed by atoms with Gasteiger partial charge in [0.25, 0.3) is 5.91 Å². The van der Waals surface area contributed by atoms with Crippen molar-refractivity contribution in [3.05, 3.63) is 36.0 Å². The number of nitrogens with one attached hydrogen (secondary N) is 1. The summed E-state index contributed by atoms with van der Waals surface area (Å²) in [6, 6.07) is 7.69. The van der Waals surface area contributed by atoms with Crippen LogP contribution < -0.4 is 10.5 Å². The maximum absolute atomic E-state index is 12.9. The number of nitrogens with two attached hydrogens (primary N) is 1. The fourth-order valence-electron chi connectivity index (χ4n) is 3.22. The quantitative estimate of drug-likeness (QED) is 0.873. The largest absolute Gasteiger partial charge is 0.497 e. The van der Waals surface area contributed by atoms with Gasteiger partial charge in [-0.15, -0.1) is 12.4 Å². The zero-order valence-corrected chi connectivity index (χ0v) is 15.4. The number of carbonyl (C=O) groups excluding carboxylic acids is 1. The summed E-state index contributed by atoms with van der Waals surface area (Å²) in [6.07, 6.45) is 3.68. The molecule has 1 aliphatic rings. The van der Waals surface area contributed by atoms with E-state index in [1.165, 1.54) is 0 Å². The summed E-state index contributed by atoms with van der Waals surface area (Å²) < 4.78 is 5.18. The maximum Gasteiger partial charge on any atom is 0.257 e. The highest BCUT2D eigenvalue weighted by atomic mass is 35.5. The predicted molar refractivity (Wildman–Crippen MR) is 100 cm³/mol. The van der Waals surface area contributed by atoms with Crippen molar-refractivity contribution in [2.75, 3.05) is 20.2 Å². The second kappa shape index (κ2) is 8.36. The van der Waals surface area contributed by atoms with E-state index in [4.69, 9.17) is 10.5 Å². The number of ether oxygens (including phenoxy) is 1. The fourth-order valence-corrected chi connectivity index (χ4v) is 3.22. The summed E-state index contributed by atoms with van der Waals surface area (Å²) in [7, 11) is 1.63. The zero-order chi connectivity index (χ0) is 17.1.